The molecule has 2 aromatic carbocycles. The third-order valence-corrected chi connectivity index (χ3v) is 5.04. The molecule has 1 N–H and O–H groups in total. The van der Waals surface area contributed by atoms with Crippen molar-refractivity contribution >= 4 is 5.97 Å². The van der Waals surface area contributed by atoms with E-state index in [2.05, 4.69) is 11.8 Å². The van der Waals surface area contributed by atoms with Gasteiger partial charge >= 0.3 is 5.97 Å². The first kappa shape index (κ1) is 16.7. The van der Waals surface area contributed by atoms with Gasteiger partial charge in [-0.15, -0.1) is 0 Å². The molecule has 1 atom stereocenters. The van der Waals surface area contributed by atoms with E-state index >= 15 is 0 Å². The first-order valence-electron chi connectivity index (χ1n) is 8.38. The van der Waals surface area contributed by atoms with Gasteiger partial charge < -0.3 is 5.11 Å². The fraction of sp³-hybridized carbons (Fsp3) is 0.350. The zero-order valence-electron chi connectivity index (χ0n) is 13.8. The van der Waals surface area contributed by atoms with E-state index in [0.29, 0.717) is 5.56 Å². The Morgan fingerprint density at radius 1 is 1.17 bits per heavy atom. The highest BCUT2D eigenvalue weighted by Crippen LogP contribution is 2.33. The minimum Gasteiger partial charge on any atom is -0.478 e. The second-order valence-electron chi connectivity index (χ2n) is 6.43. The minimum absolute atomic E-state index is 0.163. The van der Waals surface area contributed by atoms with Crippen molar-refractivity contribution in [2.75, 3.05) is 13.1 Å². The third kappa shape index (κ3) is 3.49. The molecule has 1 aliphatic rings. The van der Waals surface area contributed by atoms with Gasteiger partial charge in [-0.1, -0.05) is 30.3 Å². The molecule has 0 saturated carbocycles. The Balaban J connectivity index is 1.69. The van der Waals surface area contributed by atoms with Crippen LogP contribution in [-0.2, 0) is 0 Å². The number of hydrogen-bond acceptors (Lipinski definition) is 2. The standard InChI is InChI=1S/C20H22FNO2/c1-14(16-5-4-6-17(21)13-16)22-11-9-15(10-12-22)18-7-2-3-8-19(18)20(23)24/h2-8,13-15H,9-12H2,1H3,(H,23,24). The van der Waals surface area contributed by atoms with Gasteiger partial charge in [0.05, 0.1) is 5.56 Å². The maximum Gasteiger partial charge on any atom is 0.335 e. The molecule has 126 valence electrons. The van der Waals surface area contributed by atoms with Crippen molar-refractivity contribution in [1.82, 2.24) is 4.90 Å². The number of piperidine rings is 1. The molecule has 1 aliphatic heterocycles. The van der Waals surface area contributed by atoms with Gasteiger partial charge in [-0.25, -0.2) is 9.18 Å². The Morgan fingerprint density at radius 2 is 1.88 bits per heavy atom. The number of hydrogen-bond donors (Lipinski definition) is 1. The van der Waals surface area contributed by atoms with E-state index in [1.54, 1.807) is 24.3 Å². The van der Waals surface area contributed by atoms with Crippen molar-refractivity contribution in [2.45, 2.75) is 31.7 Å². The van der Waals surface area contributed by atoms with Gasteiger partial charge in [0, 0.05) is 6.04 Å². The zero-order chi connectivity index (χ0) is 17.1. The van der Waals surface area contributed by atoms with Crippen LogP contribution in [0.25, 0.3) is 0 Å². The maximum atomic E-state index is 13.4. The predicted molar refractivity (Wildman–Crippen MR) is 91.8 cm³/mol. The van der Waals surface area contributed by atoms with Crippen molar-refractivity contribution in [3.63, 3.8) is 0 Å². The van der Waals surface area contributed by atoms with E-state index in [1.165, 1.54) is 6.07 Å². The number of carboxylic acids is 1. The third-order valence-electron chi connectivity index (χ3n) is 5.04. The van der Waals surface area contributed by atoms with E-state index in [1.807, 2.05) is 18.2 Å². The number of benzene rings is 2. The number of aromatic carboxylic acids is 1. The summed E-state index contributed by atoms with van der Waals surface area (Å²) in [5.74, 6) is -0.793. The molecule has 3 nitrogen and oxygen atoms in total. The van der Waals surface area contributed by atoms with Crippen LogP contribution >= 0.6 is 0 Å². The van der Waals surface area contributed by atoms with Crippen molar-refractivity contribution in [3.8, 4) is 0 Å². The summed E-state index contributed by atoms with van der Waals surface area (Å²) in [6.07, 6.45) is 1.84. The van der Waals surface area contributed by atoms with Crippen LogP contribution in [0.1, 0.15) is 53.2 Å². The number of halogens is 1. The summed E-state index contributed by atoms with van der Waals surface area (Å²) in [4.78, 5) is 13.7. The lowest BCUT2D eigenvalue weighted by atomic mass is 9.86. The summed E-state index contributed by atoms with van der Waals surface area (Å²) in [5.41, 5.74) is 2.33. The van der Waals surface area contributed by atoms with Crippen LogP contribution in [0.15, 0.2) is 48.5 Å². The Hall–Kier alpha value is -2.20. The second-order valence-corrected chi connectivity index (χ2v) is 6.43. The molecular weight excluding hydrogens is 305 g/mol. The molecular formula is C20H22FNO2. The van der Waals surface area contributed by atoms with Crippen LogP contribution in [0, 0.1) is 5.82 Å². The highest BCUT2D eigenvalue weighted by atomic mass is 19.1. The lowest BCUT2D eigenvalue weighted by Gasteiger charge is -2.36. The van der Waals surface area contributed by atoms with Crippen LogP contribution in [0.4, 0.5) is 4.39 Å². The molecule has 3 rings (SSSR count). The summed E-state index contributed by atoms with van der Waals surface area (Å²) in [5, 5.41) is 9.37. The Labute approximate surface area is 141 Å². The molecule has 1 saturated heterocycles. The summed E-state index contributed by atoms with van der Waals surface area (Å²) in [6, 6.07) is 14.2. The lowest BCUT2D eigenvalue weighted by Crippen LogP contribution is -2.35. The highest BCUT2D eigenvalue weighted by Gasteiger charge is 2.26. The van der Waals surface area contributed by atoms with Crippen molar-refractivity contribution in [2.24, 2.45) is 0 Å². The normalized spacial score (nSPS) is 17.6. The Kier molecular flexibility index (Phi) is 4.95. The average Bonchev–Trinajstić information content (AvgIpc) is 2.61. The monoisotopic (exact) mass is 327 g/mol. The van der Waals surface area contributed by atoms with E-state index < -0.39 is 5.97 Å². The minimum atomic E-state index is -0.860. The van der Waals surface area contributed by atoms with Crippen molar-refractivity contribution in [3.05, 3.63) is 71.0 Å². The molecule has 2 aromatic rings. The van der Waals surface area contributed by atoms with Crippen LogP contribution in [0.5, 0.6) is 0 Å². The van der Waals surface area contributed by atoms with Crippen molar-refractivity contribution in [1.29, 1.82) is 0 Å². The number of carboxylic acid groups (broad SMARTS) is 1. The van der Waals surface area contributed by atoms with Gasteiger partial charge in [0.1, 0.15) is 5.82 Å². The van der Waals surface area contributed by atoms with E-state index in [4.69, 9.17) is 0 Å². The summed E-state index contributed by atoms with van der Waals surface area (Å²) >= 11 is 0. The predicted octanol–water partition coefficient (Wildman–Crippen LogP) is 4.46. The first-order chi connectivity index (χ1) is 11.6. The smallest absolute Gasteiger partial charge is 0.335 e. The van der Waals surface area contributed by atoms with Crippen LogP contribution in [0.3, 0.4) is 0 Å². The van der Waals surface area contributed by atoms with Crippen LogP contribution in [-0.4, -0.2) is 29.1 Å². The maximum absolute atomic E-state index is 13.4. The molecule has 0 spiro atoms. The zero-order valence-corrected chi connectivity index (χ0v) is 13.8. The molecule has 0 amide bonds. The van der Waals surface area contributed by atoms with Gasteiger partial charge in [0.15, 0.2) is 0 Å². The van der Waals surface area contributed by atoms with Gasteiger partial charge in [0.2, 0.25) is 0 Å². The number of rotatable bonds is 4. The van der Waals surface area contributed by atoms with E-state index in [-0.39, 0.29) is 17.8 Å². The largest absolute Gasteiger partial charge is 0.478 e. The molecule has 1 heterocycles. The highest BCUT2D eigenvalue weighted by molar-refractivity contribution is 5.89. The second kappa shape index (κ2) is 7.14. The summed E-state index contributed by atoms with van der Waals surface area (Å²) < 4.78 is 13.4. The van der Waals surface area contributed by atoms with Crippen LogP contribution in [0.2, 0.25) is 0 Å². The fourth-order valence-corrected chi connectivity index (χ4v) is 3.62. The summed E-state index contributed by atoms with van der Waals surface area (Å²) in [6.45, 7) is 3.87. The molecule has 1 fully saturated rings. The van der Waals surface area contributed by atoms with E-state index in [9.17, 15) is 14.3 Å². The molecule has 4 heteroatoms. The Bertz CT molecular complexity index is 723. The lowest BCUT2D eigenvalue weighted by molar-refractivity contribution is 0.0694. The molecule has 0 radical (unpaired) electrons. The van der Waals surface area contributed by atoms with E-state index in [0.717, 1.165) is 37.1 Å². The molecule has 1 unspecified atom stereocenters. The molecule has 24 heavy (non-hydrogen) atoms. The van der Waals surface area contributed by atoms with Gasteiger partial charge in [-0.2, -0.15) is 0 Å². The molecule has 0 aromatic heterocycles. The average molecular weight is 327 g/mol. The van der Waals surface area contributed by atoms with Gasteiger partial charge in [0.25, 0.3) is 0 Å². The first-order valence-corrected chi connectivity index (χ1v) is 8.38. The summed E-state index contributed by atoms with van der Waals surface area (Å²) in [7, 11) is 0. The van der Waals surface area contributed by atoms with Gasteiger partial charge in [-0.3, -0.25) is 4.90 Å². The van der Waals surface area contributed by atoms with Crippen LogP contribution < -0.4 is 0 Å². The number of likely N-dealkylation sites (tertiary alicyclic amines) is 1. The number of nitrogens with zero attached hydrogens (tertiary/aromatic N) is 1. The Morgan fingerprint density at radius 3 is 2.54 bits per heavy atom. The fourth-order valence-electron chi connectivity index (χ4n) is 3.62. The topological polar surface area (TPSA) is 40.5 Å². The quantitative estimate of drug-likeness (QED) is 0.901. The van der Waals surface area contributed by atoms with Gasteiger partial charge in [-0.05, 0) is 68.1 Å². The van der Waals surface area contributed by atoms with Crippen molar-refractivity contribution < 1.29 is 14.3 Å². The molecule has 0 bridgehead atoms. The SMILES string of the molecule is CC(c1cccc(F)c1)N1CCC(c2ccccc2C(=O)O)CC1. The molecule has 0 aliphatic carbocycles. The number of carbonyl (C=O) groups is 1.